The van der Waals surface area contributed by atoms with Crippen LogP contribution < -0.4 is 5.73 Å². The molecule has 0 saturated carbocycles. The number of aromatic amines is 1. The molecule has 0 amide bonds. The summed E-state index contributed by atoms with van der Waals surface area (Å²) >= 11 is 0. The van der Waals surface area contributed by atoms with Crippen LogP contribution in [0.3, 0.4) is 0 Å². The number of anilines is 1. The first-order chi connectivity index (χ1) is 7.54. The number of fused-ring (bicyclic) bond motifs is 1. The van der Waals surface area contributed by atoms with Gasteiger partial charge in [-0.2, -0.15) is 0 Å². The molecule has 0 bridgehead atoms. The minimum atomic E-state index is -0.529. The van der Waals surface area contributed by atoms with Crippen LogP contribution in [0.2, 0.25) is 0 Å². The second-order valence-electron chi connectivity index (χ2n) is 3.55. The van der Waals surface area contributed by atoms with Gasteiger partial charge < -0.3 is 15.5 Å². The number of esters is 1. The number of benzene rings is 1. The SMILES string of the molecule is COC(=O)c1c(N)[nH]c2cc(F)cc(C)c12. The average molecular weight is 222 g/mol. The summed E-state index contributed by atoms with van der Waals surface area (Å²) in [5.74, 6) is -0.711. The maximum Gasteiger partial charge on any atom is 0.342 e. The van der Waals surface area contributed by atoms with E-state index < -0.39 is 5.97 Å². The van der Waals surface area contributed by atoms with Crippen LogP contribution in [0.15, 0.2) is 12.1 Å². The van der Waals surface area contributed by atoms with Gasteiger partial charge in [-0.25, -0.2) is 9.18 Å². The zero-order valence-electron chi connectivity index (χ0n) is 8.93. The zero-order valence-corrected chi connectivity index (χ0v) is 8.93. The van der Waals surface area contributed by atoms with Crippen molar-refractivity contribution >= 4 is 22.7 Å². The molecular formula is C11H11FN2O2. The lowest BCUT2D eigenvalue weighted by molar-refractivity contribution is 0.0604. The van der Waals surface area contributed by atoms with E-state index in [2.05, 4.69) is 9.72 Å². The number of nitrogen functional groups attached to an aromatic ring is 1. The van der Waals surface area contributed by atoms with Gasteiger partial charge in [0.05, 0.1) is 12.6 Å². The molecule has 0 unspecified atom stereocenters. The summed E-state index contributed by atoms with van der Waals surface area (Å²) in [7, 11) is 1.28. The maximum absolute atomic E-state index is 13.1. The Morgan fingerprint density at radius 2 is 2.19 bits per heavy atom. The first-order valence-corrected chi connectivity index (χ1v) is 4.70. The molecule has 5 heteroatoms. The molecule has 4 nitrogen and oxygen atoms in total. The summed E-state index contributed by atoms with van der Waals surface area (Å²) in [5, 5.41) is 0.603. The monoisotopic (exact) mass is 222 g/mol. The first-order valence-electron chi connectivity index (χ1n) is 4.70. The summed E-state index contributed by atoms with van der Waals surface area (Å²) in [5.41, 5.74) is 7.07. The number of H-pyrrole nitrogens is 1. The van der Waals surface area contributed by atoms with Crippen LogP contribution in [0.4, 0.5) is 10.2 Å². The molecule has 1 aromatic carbocycles. The molecule has 0 radical (unpaired) electrons. The molecule has 0 fully saturated rings. The Balaban J connectivity index is 2.84. The van der Waals surface area contributed by atoms with Crippen LogP contribution in [-0.2, 0) is 4.74 Å². The fourth-order valence-corrected chi connectivity index (χ4v) is 1.83. The molecule has 3 N–H and O–H groups in total. The Kier molecular flexibility index (Phi) is 2.30. The van der Waals surface area contributed by atoms with Crippen LogP contribution in [0, 0.1) is 12.7 Å². The van der Waals surface area contributed by atoms with Gasteiger partial charge in [0.15, 0.2) is 0 Å². The van der Waals surface area contributed by atoms with E-state index in [1.165, 1.54) is 19.2 Å². The second kappa shape index (κ2) is 3.52. The highest BCUT2D eigenvalue weighted by Gasteiger charge is 2.19. The molecule has 0 spiro atoms. The summed E-state index contributed by atoms with van der Waals surface area (Å²) in [4.78, 5) is 14.3. The van der Waals surface area contributed by atoms with Crippen LogP contribution in [0.5, 0.6) is 0 Å². The highest BCUT2D eigenvalue weighted by atomic mass is 19.1. The molecule has 16 heavy (non-hydrogen) atoms. The topological polar surface area (TPSA) is 68.1 Å². The lowest BCUT2D eigenvalue weighted by Gasteiger charge is -2.01. The van der Waals surface area contributed by atoms with E-state index in [0.717, 1.165) is 0 Å². The molecule has 1 heterocycles. The van der Waals surface area contributed by atoms with Crippen molar-refractivity contribution in [2.75, 3.05) is 12.8 Å². The smallest absolute Gasteiger partial charge is 0.342 e. The molecule has 2 rings (SSSR count). The number of nitrogens with one attached hydrogen (secondary N) is 1. The third kappa shape index (κ3) is 1.41. The summed E-state index contributed by atoms with van der Waals surface area (Å²) < 4.78 is 17.8. The third-order valence-corrected chi connectivity index (χ3v) is 2.48. The summed E-state index contributed by atoms with van der Waals surface area (Å²) in [6.07, 6.45) is 0. The van der Waals surface area contributed by atoms with E-state index >= 15 is 0 Å². The molecule has 2 aromatic rings. The van der Waals surface area contributed by atoms with Gasteiger partial charge >= 0.3 is 5.97 Å². The van der Waals surface area contributed by atoms with Gasteiger partial charge in [0.1, 0.15) is 17.2 Å². The number of rotatable bonds is 1. The molecule has 0 atom stereocenters. The van der Waals surface area contributed by atoms with Crippen LogP contribution in [0.25, 0.3) is 10.9 Å². The van der Waals surface area contributed by atoms with Crippen molar-refractivity contribution in [1.29, 1.82) is 0 Å². The van der Waals surface area contributed by atoms with E-state index in [1.807, 2.05) is 0 Å². The largest absolute Gasteiger partial charge is 0.465 e. The molecule has 0 aliphatic carbocycles. The number of halogens is 1. The predicted molar refractivity (Wildman–Crippen MR) is 58.7 cm³/mol. The normalized spacial score (nSPS) is 10.7. The van der Waals surface area contributed by atoms with Crippen molar-refractivity contribution in [3.8, 4) is 0 Å². The first kappa shape index (κ1) is 10.5. The summed E-state index contributed by atoms with van der Waals surface area (Å²) in [6.45, 7) is 1.71. The molecule has 0 aliphatic rings. The van der Waals surface area contributed by atoms with Crippen molar-refractivity contribution < 1.29 is 13.9 Å². The number of aromatic nitrogens is 1. The Bertz CT molecular complexity index is 575. The molecule has 84 valence electrons. The number of ether oxygens (including phenoxy) is 1. The molecule has 0 aliphatic heterocycles. The van der Waals surface area contributed by atoms with Crippen molar-refractivity contribution in [3.05, 3.63) is 29.1 Å². The van der Waals surface area contributed by atoms with Gasteiger partial charge in [0, 0.05) is 5.39 Å². The van der Waals surface area contributed by atoms with E-state index in [1.54, 1.807) is 6.92 Å². The van der Waals surface area contributed by atoms with Crippen molar-refractivity contribution in [2.45, 2.75) is 6.92 Å². The second-order valence-corrected chi connectivity index (χ2v) is 3.55. The highest BCUT2D eigenvalue weighted by Crippen LogP contribution is 2.28. The molecule has 0 saturated heterocycles. The van der Waals surface area contributed by atoms with Crippen LogP contribution in [-0.4, -0.2) is 18.1 Å². The van der Waals surface area contributed by atoms with Gasteiger partial charge in [-0.15, -0.1) is 0 Å². The average Bonchev–Trinajstić information content (AvgIpc) is 2.53. The lowest BCUT2D eigenvalue weighted by Crippen LogP contribution is -2.04. The summed E-state index contributed by atoms with van der Waals surface area (Å²) in [6, 6.07) is 2.65. The number of hydrogen-bond acceptors (Lipinski definition) is 3. The van der Waals surface area contributed by atoms with Gasteiger partial charge in [-0.1, -0.05) is 0 Å². The molecule has 1 aromatic heterocycles. The van der Waals surface area contributed by atoms with Crippen LogP contribution in [0.1, 0.15) is 15.9 Å². The van der Waals surface area contributed by atoms with Crippen molar-refractivity contribution in [2.24, 2.45) is 0 Å². The minimum Gasteiger partial charge on any atom is -0.465 e. The fraction of sp³-hybridized carbons (Fsp3) is 0.182. The number of nitrogens with two attached hydrogens (primary N) is 1. The van der Waals surface area contributed by atoms with E-state index in [0.29, 0.717) is 16.5 Å². The minimum absolute atomic E-state index is 0.190. The fourth-order valence-electron chi connectivity index (χ4n) is 1.83. The Morgan fingerprint density at radius 3 is 2.81 bits per heavy atom. The number of carbonyl (C=O) groups is 1. The Hall–Kier alpha value is -2.04. The number of carbonyl (C=O) groups excluding carboxylic acids is 1. The Labute approximate surface area is 91.2 Å². The van der Waals surface area contributed by atoms with E-state index in [-0.39, 0.29) is 17.2 Å². The number of methoxy groups -OCH3 is 1. The number of aryl methyl sites for hydroxylation is 1. The lowest BCUT2D eigenvalue weighted by atomic mass is 10.1. The Morgan fingerprint density at radius 1 is 1.50 bits per heavy atom. The molecular weight excluding hydrogens is 211 g/mol. The standard InChI is InChI=1S/C11H11FN2O2/c1-5-3-6(12)4-7-8(5)9(10(13)14-7)11(15)16-2/h3-4,14H,13H2,1-2H3. The van der Waals surface area contributed by atoms with Crippen molar-refractivity contribution in [1.82, 2.24) is 4.98 Å². The van der Waals surface area contributed by atoms with Gasteiger partial charge in [-0.05, 0) is 24.6 Å². The third-order valence-electron chi connectivity index (χ3n) is 2.48. The highest BCUT2D eigenvalue weighted by molar-refractivity contribution is 6.10. The maximum atomic E-state index is 13.1. The van der Waals surface area contributed by atoms with Crippen molar-refractivity contribution in [3.63, 3.8) is 0 Å². The number of hydrogen-bond donors (Lipinski definition) is 2. The zero-order chi connectivity index (χ0) is 11.9. The van der Waals surface area contributed by atoms with Gasteiger partial charge in [0.2, 0.25) is 0 Å². The van der Waals surface area contributed by atoms with Gasteiger partial charge in [-0.3, -0.25) is 0 Å². The van der Waals surface area contributed by atoms with Crippen LogP contribution >= 0.6 is 0 Å². The van der Waals surface area contributed by atoms with Gasteiger partial charge in [0.25, 0.3) is 0 Å². The quantitative estimate of drug-likeness (QED) is 0.725. The van der Waals surface area contributed by atoms with E-state index in [4.69, 9.17) is 5.73 Å². The predicted octanol–water partition coefficient (Wildman–Crippen LogP) is 1.98. The van der Waals surface area contributed by atoms with E-state index in [9.17, 15) is 9.18 Å².